The third kappa shape index (κ3) is 3.87. The summed E-state index contributed by atoms with van der Waals surface area (Å²) in [5, 5.41) is 3.69. The Bertz CT molecular complexity index is 1180. The first-order valence-corrected chi connectivity index (χ1v) is 11.7. The van der Waals surface area contributed by atoms with Crippen molar-refractivity contribution in [2.75, 3.05) is 19.0 Å². The van der Waals surface area contributed by atoms with Gasteiger partial charge in [-0.2, -0.15) is 0 Å². The van der Waals surface area contributed by atoms with Crippen LogP contribution in [0.5, 0.6) is 5.75 Å². The number of hydrogen-bond acceptors (Lipinski definition) is 5. The number of carbonyl (C=O) groups excluding carboxylic acids is 2. The Morgan fingerprint density at radius 1 is 1.19 bits per heavy atom. The molecule has 0 bridgehead atoms. The number of hydrogen-bond donors (Lipinski definition) is 1. The zero-order chi connectivity index (χ0) is 22.2. The molecule has 3 heterocycles. The molecule has 0 radical (unpaired) electrons. The van der Waals surface area contributed by atoms with E-state index in [1.54, 1.807) is 54.3 Å². The molecule has 0 aliphatic carbocycles. The van der Waals surface area contributed by atoms with Crippen LogP contribution in [-0.2, 0) is 10.5 Å². The molecule has 8 heteroatoms. The fourth-order valence-electron chi connectivity index (χ4n) is 4.26. The fourth-order valence-corrected chi connectivity index (χ4v) is 5.58. The molecule has 3 aromatic rings. The maximum Gasteiger partial charge on any atom is 0.256 e. The van der Waals surface area contributed by atoms with Crippen molar-refractivity contribution >= 4 is 40.9 Å². The number of methoxy groups -OCH3 is 1. The minimum Gasteiger partial charge on any atom is -0.496 e. The number of halogens is 1. The van der Waals surface area contributed by atoms with Crippen molar-refractivity contribution in [1.82, 2.24) is 4.90 Å². The average Bonchev–Trinajstić information content (AvgIpc) is 3.45. The van der Waals surface area contributed by atoms with Crippen LogP contribution in [0.4, 0.5) is 5.69 Å². The van der Waals surface area contributed by atoms with Crippen LogP contribution in [0.25, 0.3) is 11.1 Å². The van der Waals surface area contributed by atoms with Crippen molar-refractivity contribution in [3.63, 3.8) is 0 Å². The molecule has 6 nitrogen and oxygen atoms in total. The summed E-state index contributed by atoms with van der Waals surface area (Å²) in [6, 6.07) is 14.1. The van der Waals surface area contributed by atoms with E-state index in [1.807, 2.05) is 24.3 Å². The SMILES string of the molecule is COc1ccc(Cl)cc1-c1ccc2c(c1)C(=O)N1CC(SCc3ccco3)CC1C(=O)N2. The highest BCUT2D eigenvalue weighted by Gasteiger charge is 2.43. The highest BCUT2D eigenvalue weighted by molar-refractivity contribution is 7.99. The second-order valence-electron chi connectivity index (χ2n) is 7.82. The molecule has 5 rings (SSSR count). The Hall–Kier alpha value is -2.90. The fraction of sp³-hybridized carbons (Fsp3) is 0.250. The molecule has 1 aromatic heterocycles. The van der Waals surface area contributed by atoms with E-state index >= 15 is 0 Å². The van der Waals surface area contributed by atoms with Gasteiger partial charge in [-0.3, -0.25) is 9.59 Å². The number of anilines is 1. The van der Waals surface area contributed by atoms with Crippen LogP contribution in [-0.4, -0.2) is 41.7 Å². The van der Waals surface area contributed by atoms with Crippen molar-refractivity contribution < 1.29 is 18.7 Å². The molecular formula is C24H21ClN2O4S. The standard InChI is InChI=1S/C24H21ClN2O4S/c1-30-22-7-5-15(25)10-18(22)14-4-6-20-19(9-14)24(29)27-12-17(11-21(27)23(28)26-20)32-13-16-3-2-8-31-16/h2-10,17,21H,11-13H2,1H3,(H,26,28). The maximum absolute atomic E-state index is 13.5. The number of carbonyl (C=O) groups is 2. The molecule has 1 N–H and O–H groups in total. The zero-order valence-electron chi connectivity index (χ0n) is 17.3. The first kappa shape index (κ1) is 21.0. The van der Waals surface area contributed by atoms with E-state index in [0.29, 0.717) is 40.7 Å². The van der Waals surface area contributed by atoms with Crippen molar-refractivity contribution in [3.8, 4) is 16.9 Å². The summed E-state index contributed by atoms with van der Waals surface area (Å²) in [4.78, 5) is 28.1. The molecule has 2 amide bonds. The molecule has 0 spiro atoms. The lowest BCUT2D eigenvalue weighted by molar-refractivity contribution is -0.119. The minimum absolute atomic E-state index is 0.146. The molecule has 0 saturated carbocycles. The molecule has 2 atom stereocenters. The van der Waals surface area contributed by atoms with E-state index in [2.05, 4.69) is 5.32 Å². The van der Waals surface area contributed by atoms with Crippen LogP contribution < -0.4 is 10.1 Å². The summed E-state index contributed by atoms with van der Waals surface area (Å²) in [6.45, 7) is 0.520. The first-order chi connectivity index (χ1) is 15.5. The first-order valence-electron chi connectivity index (χ1n) is 10.3. The van der Waals surface area contributed by atoms with Crippen molar-refractivity contribution in [1.29, 1.82) is 0 Å². The van der Waals surface area contributed by atoms with Gasteiger partial charge in [-0.15, -0.1) is 11.8 Å². The predicted molar refractivity (Wildman–Crippen MR) is 125 cm³/mol. The van der Waals surface area contributed by atoms with Gasteiger partial charge in [0.1, 0.15) is 17.6 Å². The number of furan rings is 1. The van der Waals surface area contributed by atoms with Gasteiger partial charge in [0, 0.05) is 22.4 Å². The maximum atomic E-state index is 13.5. The van der Waals surface area contributed by atoms with Gasteiger partial charge in [0.25, 0.3) is 5.91 Å². The average molecular weight is 469 g/mol. The normalized spacial score (nSPS) is 19.9. The Labute approximate surface area is 194 Å². The topological polar surface area (TPSA) is 71.8 Å². The van der Waals surface area contributed by atoms with E-state index in [-0.39, 0.29) is 17.1 Å². The summed E-state index contributed by atoms with van der Waals surface area (Å²) < 4.78 is 10.9. The Morgan fingerprint density at radius 3 is 2.84 bits per heavy atom. The summed E-state index contributed by atoms with van der Waals surface area (Å²) in [6.07, 6.45) is 2.27. The Morgan fingerprint density at radius 2 is 2.06 bits per heavy atom. The number of benzene rings is 2. The largest absolute Gasteiger partial charge is 0.496 e. The summed E-state index contributed by atoms with van der Waals surface area (Å²) in [7, 11) is 1.59. The van der Waals surface area contributed by atoms with Crippen LogP contribution in [0, 0.1) is 0 Å². The molecule has 32 heavy (non-hydrogen) atoms. The van der Waals surface area contributed by atoms with Gasteiger partial charge in [-0.05, 0) is 54.4 Å². The van der Waals surface area contributed by atoms with Gasteiger partial charge >= 0.3 is 0 Å². The molecule has 2 aliphatic heterocycles. The van der Waals surface area contributed by atoms with Crippen molar-refractivity contribution in [3.05, 3.63) is 71.1 Å². The molecule has 2 aliphatic rings. The highest BCUT2D eigenvalue weighted by atomic mass is 35.5. The zero-order valence-corrected chi connectivity index (χ0v) is 18.9. The number of fused-ring (bicyclic) bond motifs is 2. The lowest BCUT2D eigenvalue weighted by atomic mass is 10.0. The minimum atomic E-state index is -0.479. The number of thioether (sulfide) groups is 1. The van der Waals surface area contributed by atoms with Gasteiger partial charge < -0.3 is 19.4 Å². The van der Waals surface area contributed by atoms with E-state index in [4.69, 9.17) is 20.8 Å². The van der Waals surface area contributed by atoms with Crippen LogP contribution in [0.1, 0.15) is 22.5 Å². The summed E-state index contributed by atoms with van der Waals surface area (Å²) in [5.41, 5.74) is 2.58. The molecule has 2 unspecified atom stereocenters. The van der Waals surface area contributed by atoms with Gasteiger partial charge in [-0.1, -0.05) is 17.7 Å². The smallest absolute Gasteiger partial charge is 0.256 e. The van der Waals surface area contributed by atoms with Crippen molar-refractivity contribution in [2.45, 2.75) is 23.5 Å². The molecule has 1 fully saturated rings. The number of amides is 2. The molecule has 164 valence electrons. The van der Waals surface area contributed by atoms with Gasteiger partial charge in [0.05, 0.1) is 30.4 Å². The van der Waals surface area contributed by atoms with Crippen molar-refractivity contribution in [2.24, 2.45) is 0 Å². The molecular weight excluding hydrogens is 448 g/mol. The molecule has 2 aromatic carbocycles. The van der Waals surface area contributed by atoms with Crippen LogP contribution in [0.2, 0.25) is 5.02 Å². The second-order valence-corrected chi connectivity index (χ2v) is 9.54. The lowest BCUT2D eigenvalue weighted by Crippen LogP contribution is -2.40. The second kappa shape index (κ2) is 8.56. The van der Waals surface area contributed by atoms with E-state index in [9.17, 15) is 9.59 Å². The van der Waals surface area contributed by atoms with E-state index in [0.717, 1.165) is 16.9 Å². The number of nitrogens with one attached hydrogen (secondary N) is 1. The molecule has 1 saturated heterocycles. The van der Waals surface area contributed by atoms with E-state index in [1.165, 1.54) is 0 Å². The lowest BCUT2D eigenvalue weighted by Gasteiger charge is -2.20. The number of ether oxygens (including phenoxy) is 1. The van der Waals surface area contributed by atoms with Gasteiger partial charge in [0.2, 0.25) is 5.91 Å². The van der Waals surface area contributed by atoms with Crippen LogP contribution in [0.15, 0.2) is 59.2 Å². The quantitative estimate of drug-likeness (QED) is 0.565. The predicted octanol–water partition coefficient (Wildman–Crippen LogP) is 5.08. The third-order valence-electron chi connectivity index (χ3n) is 5.85. The monoisotopic (exact) mass is 468 g/mol. The van der Waals surface area contributed by atoms with Crippen LogP contribution in [0.3, 0.4) is 0 Å². The summed E-state index contributed by atoms with van der Waals surface area (Å²) in [5.74, 6) is 1.97. The van der Waals surface area contributed by atoms with Crippen LogP contribution >= 0.6 is 23.4 Å². The van der Waals surface area contributed by atoms with Gasteiger partial charge in [0.15, 0.2) is 0 Å². The Balaban J connectivity index is 1.43. The number of rotatable bonds is 5. The Kier molecular flexibility index (Phi) is 5.61. The third-order valence-corrected chi connectivity index (χ3v) is 7.35. The van der Waals surface area contributed by atoms with E-state index < -0.39 is 6.04 Å². The van der Waals surface area contributed by atoms with Gasteiger partial charge in [-0.25, -0.2) is 0 Å². The summed E-state index contributed by atoms with van der Waals surface area (Å²) >= 11 is 7.91. The highest BCUT2D eigenvalue weighted by Crippen LogP contribution is 2.38. The number of nitrogens with zero attached hydrogens (tertiary/aromatic N) is 1.